The molecule has 0 spiro atoms. The van der Waals surface area contributed by atoms with Crippen molar-refractivity contribution >= 4 is 45.6 Å². The fourth-order valence-corrected chi connectivity index (χ4v) is 4.69. The van der Waals surface area contributed by atoms with E-state index in [0.29, 0.717) is 10.0 Å². The van der Waals surface area contributed by atoms with Crippen molar-refractivity contribution in [3.63, 3.8) is 0 Å². The maximum Gasteiger partial charge on any atom is 0.0900 e. The first-order chi connectivity index (χ1) is 18.1. The number of hydrogen-bond donors (Lipinski definition) is 2. The number of para-hydroxylation sites is 2. The van der Waals surface area contributed by atoms with Crippen LogP contribution in [0.4, 0.5) is 11.4 Å². The Bertz CT molecular complexity index is 1530. The van der Waals surface area contributed by atoms with Gasteiger partial charge in [-0.1, -0.05) is 48.2 Å². The van der Waals surface area contributed by atoms with E-state index in [1.807, 2.05) is 66.7 Å². The van der Waals surface area contributed by atoms with Crippen LogP contribution in [0.2, 0.25) is 10.0 Å². The summed E-state index contributed by atoms with van der Waals surface area (Å²) < 4.78 is 2.22. The Balaban J connectivity index is 1.66. The third-order valence-electron chi connectivity index (χ3n) is 6.30. The van der Waals surface area contributed by atoms with E-state index in [1.165, 1.54) is 0 Å². The second-order valence-electron chi connectivity index (χ2n) is 8.99. The van der Waals surface area contributed by atoms with E-state index in [2.05, 4.69) is 28.1 Å². The molecule has 0 fully saturated rings. The lowest BCUT2D eigenvalue weighted by Crippen LogP contribution is -2.15. The molecule has 3 aromatic carbocycles. The smallest absolute Gasteiger partial charge is 0.0900 e. The molecule has 3 aromatic rings. The van der Waals surface area contributed by atoms with Crippen LogP contribution in [0.1, 0.15) is 25.7 Å². The van der Waals surface area contributed by atoms with Crippen molar-refractivity contribution in [2.45, 2.75) is 25.7 Å². The molecule has 0 aromatic heterocycles. The van der Waals surface area contributed by atoms with Crippen molar-refractivity contribution in [3.8, 4) is 17.1 Å². The minimum absolute atomic E-state index is 0.698. The second-order valence-corrected chi connectivity index (χ2v) is 9.86. The van der Waals surface area contributed by atoms with E-state index in [9.17, 15) is 0 Å². The number of nitrogens with zero attached hydrogens (tertiary/aromatic N) is 3. The van der Waals surface area contributed by atoms with Crippen LogP contribution >= 0.6 is 23.2 Å². The highest BCUT2D eigenvalue weighted by Crippen LogP contribution is 2.31. The van der Waals surface area contributed by atoms with E-state index < -0.39 is 0 Å². The zero-order chi connectivity index (χ0) is 25.6. The summed E-state index contributed by atoms with van der Waals surface area (Å²) in [5, 5.41) is 5.82. The topological polar surface area (TPSA) is 68.2 Å². The lowest BCUT2D eigenvalue weighted by Gasteiger charge is -2.20. The van der Waals surface area contributed by atoms with Gasteiger partial charge in [-0.2, -0.15) is 0 Å². The number of rotatable bonds is 9. The molecule has 5 rings (SSSR count). The molecule has 2 aliphatic rings. The lowest BCUT2D eigenvalue weighted by atomic mass is 10.1. The summed E-state index contributed by atoms with van der Waals surface area (Å²) in [6, 6.07) is 27.9. The molecular formula is C30H29Cl2N5. The number of hydrogen-bond acceptors (Lipinski definition) is 4. The van der Waals surface area contributed by atoms with Crippen molar-refractivity contribution in [3.05, 3.63) is 100 Å². The maximum absolute atomic E-state index is 6.21. The zero-order valence-electron chi connectivity index (χ0n) is 20.5. The number of nitrogens with one attached hydrogen (secondary N) is 1. The molecule has 0 unspecified atom stereocenters. The van der Waals surface area contributed by atoms with E-state index >= 15 is 0 Å². The largest absolute Gasteiger partial charge is 0.354 e. The minimum atomic E-state index is 0.698. The van der Waals surface area contributed by atoms with Crippen molar-refractivity contribution in [2.75, 3.05) is 18.4 Å². The Kier molecular flexibility index (Phi) is 8.05. The SMILES string of the molecule is NCCCCCCN=c1cc2n(-c3ccc(Cl)cc3)c3ccccc3nc-2cc1Nc1ccc(Cl)cc1. The lowest BCUT2D eigenvalue weighted by molar-refractivity contribution is 0.650. The molecule has 188 valence electrons. The number of aromatic nitrogens is 2. The second kappa shape index (κ2) is 11.8. The Hall–Kier alpha value is -3.38. The number of halogens is 2. The molecule has 0 saturated heterocycles. The number of unbranched alkanes of at least 4 members (excludes halogenated alkanes) is 3. The van der Waals surface area contributed by atoms with Gasteiger partial charge in [-0.25, -0.2) is 4.98 Å². The molecule has 1 aliphatic carbocycles. The number of nitrogens with two attached hydrogens (primary N) is 1. The summed E-state index contributed by atoms with van der Waals surface area (Å²) in [6.07, 6.45) is 4.32. The Labute approximate surface area is 226 Å². The maximum atomic E-state index is 6.21. The van der Waals surface area contributed by atoms with Crippen molar-refractivity contribution in [1.82, 2.24) is 9.55 Å². The summed E-state index contributed by atoms with van der Waals surface area (Å²) in [7, 11) is 0. The van der Waals surface area contributed by atoms with Crippen LogP contribution in [-0.2, 0) is 0 Å². The minimum Gasteiger partial charge on any atom is -0.354 e. The van der Waals surface area contributed by atoms with Gasteiger partial charge < -0.3 is 15.6 Å². The Morgan fingerprint density at radius 1 is 0.811 bits per heavy atom. The molecule has 37 heavy (non-hydrogen) atoms. The first-order valence-electron chi connectivity index (χ1n) is 12.6. The third kappa shape index (κ3) is 5.96. The highest BCUT2D eigenvalue weighted by atomic mass is 35.5. The standard InChI is InChI=1S/C30H29Cl2N5/c31-21-9-13-23(14-10-21)35-27-19-28-30(20-26(27)34-18-6-2-1-5-17-33)37(24-15-11-22(32)12-16-24)29-8-4-3-7-25(29)36-28/h3-4,7-16,19-20,35H,1-2,5-6,17-18,33H2. The molecule has 1 heterocycles. The van der Waals surface area contributed by atoms with Gasteiger partial charge >= 0.3 is 0 Å². The van der Waals surface area contributed by atoms with Crippen LogP contribution in [0.3, 0.4) is 0 Å². The van der Waals surface area contributed by atoms with Gasteiger partial charge in [0.05, 0.1) is 33.5 Å². The van der Waals surface area contributed by atoms with Gasteiger partial charge in [-0.3, -0.25) is 4.99 Å². The van der Waals surface area contributed by atoms with Crippen molar-refractivity contribution in [2.24, 2.45) is 10.7 Å². The van der Waals surface area contributed by atoms with Gasteiger partial charge in [0.25, 0.3) is 0 Å². The summed E-state index contributed by atoms with van der Waals surface area (Å²) in [5.41, 5.74) is 12.3. The molecule has 0 saturated carbocycles. The van der Waals surface area contributed by atoms with Gasteiger partial charge in [-0.15, -0.1) is 0 Å². The normalized spacial score (nSPS) is 11.9. The summed E-state index contributed by atoms with van der Waals surface area (Å²) in [6.45, 7) is 1.48. The van der Waals surface area contributed by atoms with Crippen LogP contribution in [0.25, 0.3) is 28.1 Å². The fourth-order valence-electron chi connectivity index (χ4n) is 4.44. The Morgan fingerprint density at radius 2 is 1.51 bits per heavy atom. The molecule has 7 heteroatoms. The van der Waals surface area contributed by atoms with E-state index in [-0.39, 0.29) is 0 Å². The highest BCUT2D eigenvalue weighted by molar-refractivity contribution is 6.30. The van der Waals surface area contributed by atoms with Crippen LogP contribution in [-0.4, -0.2) is 22.6 Å². The average Bonchev–Trinajstić information content (AvgIpc) is 2.91. The highest BCUT2D eigenvalue weighted by Gasteiger charge is 2.16. The summed E-state index contributed by atoms with van der Waals surface area (Å²) in [5.74, 6) is 0. The monoisotopic (exact) mass is 529 g/mol. The molecule has 0 amide bonds. The molecular weight excluding hydrogens is 501 g/mol. The van der Waals surface area contributed by atoms with Crippen LogP contribution in [0, 0.1) is 0 Å². The molecule has 3 N–H and O–H groups in total. The van der Waals surface area contributed by atoms with E-state index in [0.717, 1.165) is 83.6 Å². The number of anilines is 2. The fraction of sp³-hybridized carbons (Fsp3) is 0.200. The average molecular weight is 531 g/mol. The van der Waals surface area contributed by atoms with Gasteiger partial charge in [0.15, 0.2) is 0 Å². The van der Waals surface area contributed by atoms with Crippen molar-refractivity contribution in [1.29, 1.82) is 0 Å². The van der Waals surface area contributed by atoms with Crippen molar-refractivity contribution < 1.29 is 0 Å². The van der Waals surface area contributed by atoms with Gasteiger partial charge in [0, 0.05) is 28.0 Å². The third-order valence-corrected chi connectivity index (χ3v) is 6.80. The quantitative estimate of drug-likeness (QED) is 0.152. The molecule has 5 nitrogen and oxygen atoms in total. The summed E-state index contributed by atoms with van der Waals surface area (Å²) >= 11 is 12.3. The number of benzene rings is 4. The van der Waals surface area contributed by atoms with Gasteiger partial charge in [0.1, 0.15) is 0 Å². The first kappa shape index (κ1) is 25.3. The van der Waals surface area contributed by atoms with Crippen LogP contribution in [0.5, 0.6) is 0 Å². The summed E-state index contributed by atoms with van der Waals surface area (Å²) in [4.78, 5) is 10.0. The van der Waals surface area contributed by atoms with Gasteiger partial charge in [0.2, 0.25) is 0 Å². The molecule has 0 radical (unpaired) electrons. The van der Waals surface area contributed by atoms with Crippen LogP contribution in [0.15, 0.2) is 89.9 Å². The zero-order valence-corrected chi connectivity index (χ0v) is 22.0. The van der Waals surface area contributed by atoms with Crippen LogP contribution < -0.4 is 16.4 Å². The number of fused-ring (bicyclic) bond motifs is 2. The molecule has 0 atom stereocenters. The Morgan fingerprint density at radius 3 is 2.27 bits per heavy atom. The molecule has 1 aliphatic heterocycles. The van der Waals surface area contributed by atoms with E-state index in [1.54, 1.807) is 0 Å². The predicted octanol–water partition coefficient (Wildman–Crippen LogP) is 7.60. The van der Waals surface area contributed by atoms with Gasteiger partial charge in [-0.05, 0) is 92.2 Å². The molecule has 0 bridgehead atoms. The predicted molar refractivity (Wildman–Crippen MR) is 155 cm³/mol. The first-order valence-corrected chi connectivity index (χ1v) is 13.3. The van der Waals surface area contributed by atoms with E-state index in [4.69, 9.17) is 38.9 Å².